The van der Waals surface area contributed by atoms with Gasteiger partial charge in [0.2, 0.25) is 12.7 Å². The molecule has 4 N–H and O–H groups in total. The molecule has 0 radical (unpaired) electrons. The summed E-state index contributed by atoms with van der Waals surface area (Å²) in [5.41, 5.74) is 0.432. The summed E-state index contributed by atoms with van der Waals surface area (Å²) in [6, 6.07) is 4.90. The molecule has 1 aromatic rings. The third kappa shape index (κ3) is 6.52. The molecule has 2 saturated heterocycles. The second-order valence-electron chi connectivity index (χ2n) is 7.68. The molecule has 0 aromatic heterocycles. The van der Waals surface area contributed by atoms with Gasteiger partial charge in [-0.05, 0) is 30.5 Å². The van der Waals surface area contributed by atoms with Crippen LogP contribution >= 0.6 is 11.8 Å². The number of ether oxygens (including phenoxy) is 2. The average molecular weight is 466 g/mol. The quantitative estimate of drug-likeness (QED) is 0.175. The Labute approximate surface area is 189 Å². The van der Waals surface area contributed by atoms with Gasteiger partial charge in [-0.25, -0.2) is 9.59 Å². The van der Waals surface area contributed by atoms with E-state index in [1.54, 1.807) is 0 Å². The normalized spacial score (nSPS) is 22.3. The maximum Gasteiger partial charge on any atom is 0.336 e. The largest absolute Gasteiger partial charge is 0.508 e. The zero-order chi connectivity index (χ0) is 23.1. The predicted octanol–water partition coefficient (Wildman–Crippen LogP) is 1.34. The van der Waals surface area contributed by atoms with Gasteiger partial charge in [0.1, 0.15) is 5.75 Å². The second kappa shape index (κ2) is 11.1. The van der Waals surface area contributed by atoms with Gasteiger partial charge in [-0.1, -0.05) is 18.6 Å². The molecule has 10 nitrogen and oxygen atoms in total. The number of hydrogen-bond acceptors (Lipinski definition) is 8. The van der Waals surface area contributed by atoms with Crippen LogP contribution < -0.4 is 16.0 Å². The van der Waals surface area contributed by atoms with E-state index >= 15 is 0 Å². The minimum atomic E-state index is -1.09. The fourth-order valence-electron chi connectivity index (χ4n) is 3.71. The summed E-state index contributed by atoms with van der Waals surface area (Å²) in [6.07, 6.45) is 2.55. The number of benzene rings is 1. The van der Waals surface area contributed by atoms with Crippen molar-refractivity contribution in [2.24, 2.45) is 0 Å². The molecule has 0 spiro atoms. The van der Waals surface area contributed by atoms with Crippen molar-refractivity contribution in [1.29, 1.82) is 0 Å². The van der Waals surface area contributed by atoms with Crippen LogP contribution in [0.15, 0.2) is 24.3 Å². The Hall–Kier alpha value is -2.95. The third-order valence-corrected chi connectivity index (χ3v) is 6.82. The number of thioether (sulfide) groups is 1. The Morgan fingerprint density at radius 1 is 1.19 bits per heavy atom. The Morgan fingerprint density at radius 2 is 1.94 bits per heavy atom. The molecule has 32 heavy (non-hydrogen) atoms. The highest BCUT2D eigenvalue weighted by Crippen LogP contribution is 2.33. The van der Waals surface area contributed by atoms with Gasteiger partial charge in [-0.2, -0.15) is 11.8 Å². The van der Waals surface area contributed by atoms with Crippen LogP contribution in [0.4, 0.5) is 4.79 Å². The Balaban J connectivity index is 1.47. The summed E-state index contributed by atoms with van der Waals surface area (Å²) in [4.78, 5) is 47.2. The Bertz CT molecular complexity index is 848. The molecular formula is C21H27N3O7S. The first-order valence-corrected chi connectivity index (χ1v) is 11.5. The van der Waals surface area contributed by atoms with Crippen molar-refractivity contribution in [1.82, 2.24) is 16.0 Å². The predicted molar refractivity (Wildman–Crippen MR) is 116 cm³/mol. The van der Waals surface area contributed by atoms with Crippen LogP contribution in [0.1, 0.15) is 44.2 Å². The number of esters is 2. The van der Waals surface area contributed by atoms with Gasteiger partial charge < -0.3 is 30.5 Å². The highest BCUT2D eigenvalue weighted by molar-refractivity contribution is 8.00. The maximum atomic E-state index is 12.5. The number of nitrogens with one attached hydrogen (secondary N) is 3. The fourth-order valence-corrected chi connectivity index (χ4v) is 5.25. The van der Waals surface area contributed by atoms with Crippen LogP contribution in [0.5, 0.6) is 5.75 Å². The second-order valence-corrected chi connectivity index (χ2v) is 8.95. The highest BCUT2D eigenvalue weighted by Gasteiger charge is 2.42. The van der Waals surface area contributed by atoms with E-state index in [9.17, 15) is 24.3 Å². The topological polar surface area (TPSA) is 143 Å². The Kier molecular flexibility index (Phi) is 8.20. The van der Waals surface area contributed by atoms with E-state index < -0.39 is 24.8 Å². The molecule has 1 aromatic carbocycles. The van der Waals surface area contributed by atoms with Crippen LogP contribution in [0.25, 0.3) is 0 Å². The standard InChI is InChI=1S/C21H27N3O7S/c1-12(25)30-11-31-20(28)18(13-6-8-14(26)9-7-13)23-17(27)5-3-2-4-16-19-15(10-32-16)22-21(29)24-19/h6-9,15-16,18-19,26H,2-5,10-11H2,1H3,(H,23,27)(H2,22,24,29). The van der Waals surface area contributed by atoms with Crippen molar-refractivity contribution >= 4 is 35.6 Å². The number of carbonyl (C=O) groups excluding carboxylic acids is 4. The van der Waals surface area contributed by atoms with Gasteiger partial charge in [-0.3, -0.25) is 9.59 Å². The van der Waals surface area contributed by atoms with Crippen molar-refractivity contribution in [3.05, 3.63) is 29.8 Å². The smallest absolute Gasteiger partial charge is 0.336 e. The molecule has 174 valence electrons. The molecule has 2 heterocycles. The lowest BCUT2D eigenvalue weighted by Crippen LogP contribution is -2.37. The van der Waals surface area contributed by atoms with E-state index in [4.69, 9.17) is 4.74 Å². The zero-order valence-electron chi connectivity index (χ0n) is 17.7. The molecule has 2 aliphatic heterocycles. The van der Waals surface area contributed by atoms with Gasteiger partial charge in [0.15, 0.2) is 6.04 Å². The van der Waals surface area contributed by atoms with E-state index in [0.29, 0.717) is 17.2 Å². The van der Waals surface area contributed by atoms with Crippen molar-refractivity contribution in [2.45, 2.75) is 56.0 Å². The molecule has 2 fully saturated rings. The molecule has 4 atom stereocenters. The summed E-state index contributed by atoms with van der Waals surface area (Å²) >= 11 is 1.82. The van der Waals surface area contributed by atoms with E-state index in [1.807, 2.05) is 11.8 Å². The van der Waals surface area contributed by atoms with Gasteiger partial charge in [0.25, 0.3) is 0 Å². The summed E-state index contributed by atoms with van der Waals surface area (Å²) in [5, 5.41) is 18.3. The monoisotopic (exact) mass is 465 g/mol. The molecule has 3 rings (SSSR count). The maximum absolute atomic E-state index is 12.5. The van der Waals surface area contributed by atoms with Crippen LogP contribution in [0.2, 0.25) is 0 Å². The average Bonchev–Trinajstić information content (AvgIpc) is 3.29. The first-order chi connectivity index (χ1) is 15.3. The summed E-state index contributed by atoms with van der Waals surface area (Å²) < 4.78 is 9.56. The van der Waals surface area contributed by atoms with Gasteiger partial charge in [0, 0.05) is 24.3 Å². The minimum Gasteiger partial charge on any atom is -0.508 e. The number of rotatable bonds is 10. The lowest BCUT2D eigenvalue weighted by atomic mass is 10.0. The summed E-state index contributed by atoms with van der Waals surface area (Å²) in [7, 11) is 0. The highest BCUT2D eigenvalue weighted by atomic mass is 32.2. The SMILES string of the molecule is CC(=O)OCOC(=O)C(NC(=O)CCCCC1SCC2NC(=O)NC21)c1ccc(O)cc1. The van der Waals surface area contributed by atoms with E-state index in [0.717, 1.165) is 18.6 Å². The van der Waals surface area contributed by atoms with Crippen molar-refractivity contribution < 1.29 is 33.8 Å². The van der Waals surface area contributed by atoms with Crippen LogP contribution in [-0.4, -0.2) is 58.9 Å². The van der Waals surface area contributed by atoms with Crippen LogP contribution in [-0.2, 0) is 23.9 Å². The lowest BCUT2D eigenvalue weighted by Gasteiger charge is -2.19. The third-order valence-electron chi connectivity index (χ3n) is 5.31. The zero-order valence-corrected chi connectivity index (χ0v) is 18.5. The number of amides is 3. The lowest BCUT2D eigenvalue weighted by molar-refractivity contribution is -0.168. The van der Waals surface area contributed by atoms with Gasteiger partial charge in [0.05, 0.1) is 12.1 Å². The van der Waals surface area contributed by atoms with Gasteiger partial charge >= 0.3 is 18.0 Å². The van der Waals surface area contributed by atoms with E-state index in [2.05, 4.69) is 20.7 Å². The van der Waals surface area contributed by atoms with Crippen LogP contribution in [0.3, 0.4) is 0 Å². The van der Waals surface area contributed by atoms with E-state index in [1.165, 1.54) is 31.2 Å². The van der Waals surface area contributed by atoms with E-state index in [-0.39, 0.29) is 36.2 Å². The molecule has 11 heteroatoms. The number of phenols is 1. The molecule has 0 bridgehead atoms. The number of unbranched alkanes of at least 4 members (excludes halogenated alkanes) is 1. The van der Waals surface area contributed by atoms with Crippen LogP contribution in [0, 0.1) is 0 Å². The molecule has 0 aliphatic carbocycles. The molecule has 2 aliphatic rings. The molecule has 4 unspecified atom stereocenters. The number of phenolic OH excluding ortho intramolecular Hbond substituents is 1. The first kappa shape index (κ1) is 23.7. The van der Waals surface area contributed by atoms with Crippen molar-refractivity contribution in [3.8, 4) is 5.75 Å². The molecule has 3 amide bonds. The number of fused-ring (bicyclic) bond motifs is 1. The number of urea groups is 1. The number of carbonyl (C=O) groups is 4. The number of hydrogen-bond donors (Lipinski definition) is 4. The minimum absolute atomic E-state index is 0.0211. The summed E-state index contributed by atoms with van der Waals surface area (Å²) in [5.74, 6) is -0.780. The summed E-state index contributed by atoms with van der Waals surface area (Å²) in [6.45, 7) is 0.639. The first-order valence-electron chi connectivity index (χ1n) is 10.4. The number of aromatic hydroxyl groups is 1. The molecule has 0 saturated carbocycles. The Morgan fingerprint density at radius 3 is 2.66 bits per heavy atom. The molecular weight excluding hydrogens is 438 g/mol. The van der Waals surface area contributed by atoms with Crippen molar-refractivity contribution in [2.75, 3.05) is 12.5 Å². The van der Waals surface area contributed by atoms with Crippen molar-refractivity contribution in [3.63, 3.8) is 0 Å². The van der Waals surface area contributed by atoms with Gasteiger partial charge in [-0.15, -0.1) is 0 Å². The fraction of sp³-hybridized carbons (Fsp3) is 0.524.